The molecule has 0 atom stereocenters. The van der Waals surface area contributed by atoms with Gasteiger partial charge in [0.25, 0.3) is 5.91 Å². The highest BCUT2D eigenvalue weighted by Crippen LogP contribution is 1.87. The van der Waals surface area contributed by atoms with Gasteiger partial charge in [-0.15, -0.1) is 0 Å². The van der Waals surface area contributed by atoms with Crippen LogP contribution in [-0.4, -0.2) is 49.4 Å². The molecule has 7 nitrogen and oxygen atoms in total. The van der Waals surface area contributed by atoms with E-state index < -0.39 is 0 Å². The molecule has 0 aromatic heterocycles. The van der Waals surface area contributed by atoms with Crippen molar-refractivity contribution in [3.63, 3.8) is 0 Å². The van der Waals surface area contributed by atoms with Gasteiger partial charge in [0.15, 0.2) is 0 Å². The third-order valence-electron chi connectivity index (χ3n) is 1.52. The van der Waals surface area contributed by atoms with Gasteiger partial charge in [0, 0.05) is 13.2 Å². The van der Waals surface area contributed by atoms with Crippen LogP contribution in [0.1, 0.15) is 0 Å². The van der Waals surface area contributed by atoms with Crippen molar-refractivity contribution >= 4 is 5.91 Å². The van der Waals surface area contributed by atoms with Crippen LogP contribution in [0.3, 0.4) is 0 Å². The molecule has 15 heavy (non-hydrogen) atoms. The molecule has 0 spiro atoms. The van der Waals surface area contributed by atoms with Crippen molar-refractivity contribution in [2.45, 2.75) is 0 Å². The molecule has 0 aliphatic rings. The first-order chi connectivity index (χ1) is 7.11. The second-order valence-corrected chi connectivity index (χ2v) is 2.74. The number of aliphatic hydroxyl groups is 1. The molecule has 1 amide bonds. The fourth-order valence-electron chi connectivity index (χ4n) is 0.783. The summed E-state index contributed by atoms with van der Waals surface area (Å²) in [5.41, 5.74) is 5.44. The van der Waals surface area contributed by atoms with E-state index in [1.807, 2.05) is 0 Å². The van der Waals surface area contributed by atoms with Crippen molar-refractivity contribution < 1.29 is 14.6 Å². The number of hydrogen-bond donors (Lipinski definition) is 4. The number of hydrazine groups is 1. The Morgan fingerprint density at radius 3 is 2.80 bits per heavy atom. The molecule has 0 fully saturated rings. The lowest BCUT2D eigenvalue weighted by atomic mass is 10.4. The number of aliphatic hydroxyl groups excluding tert-OH is 1. The number of rotatable bonds is 7. The molecule has 0 saturated carbocycles. The minimum absolute atomic E-state index is 0.0270. The SMILES string of the molecule is CNC(=O)/C(N)=C/N(N)CCOCCO. The first-order valence-electron chi connectivity index (χ1n) is 4.51. The fourth-order valence-corrected chi connectivity index (χ4v) is 0.783. The van der Waals surface area contributed by atoms with Gasteiger partial charge >= 0.3 is 0 Å². The van der Waals surface area contributed by atoms with Crippen LogP contribution in [0.2, 0.25) is 0 Å². The highest BCUT2D eigenvalue weighted by Gasteiger charge is 2.02. The molecule has 0 heterocycles. The third-order valence-corrected chi connectivity index (χ3v) is 1.52. The molecule has 0 unspecified atom stereocenters. The number of carbonyl (C=O) groups excluding carboxylic acids is 1. The van der Waals surface area contributed by atoms with Gasteiger partial charge in [-0.25, -0.2) is 5.84 Å². The Balaban J connectivity index is 3.80. The molecule has 0 aromatic carbocycles. The largest absolute Gasteiger partial charge is 0.394 e. The second-order valence-electron chi connectivity index (χ2n) is 2.74. The van der Waals surface area contributed by atoms with Gasteiger partial charge in [-0.05, 0) is 0 Å². The van der Waals surface area contributed by atoms with Gasteiger partial charge in [-0.2, -0.15) is 0 Å². The Morgan fingerprint density at radius 2 is 2.27 bits per heavy atom. The summed E-state index contributed by atoms with van der Waals surface area (Å²) >= 11 is 0. The minimum Gasteiger partial charge on any atom is -0.394 e. The van der Waals surface area contributed by atoms with Gasteiger partial charge in [0.05, 0.1) is 26.4 Å². The highest BCUT2D eigenvalue weighted by molar-refractivity contribution is 5.91. The second kappa shape index (κ2) is 8.04. The van der Waals surface area contributed by atoms with Crippen LogP contribution in [0, 0.1) is 0 Å². The van der Waals surface area contributed by atoms with Gasteiger partial charge < -0.3 is 25.9 Å². The molecule has 88 valence electrons. The molecule has 0 saturated heterocycles. The zero-order valence-corrected chi connectivity index (χ0v) is 8.77. The van der Waals surface area contributed by atoms with E-state index in [-0.39, 0.29) is 24.8 Å². The predicted octanol–water partition coefficient (Wildman–Crippen LogP) is -2.28. The Hall–Kier alpha value is -1.31. The van der Waals surface area contributed by atoms with E-state index in [1.165, 1.54) is 18.3 Å². The summed E-state index contributed by atoms with van der Waals surface area (Å²) in [5, 5.41) is 12.0. The number of likely N-dealkylation sites (N-methyl/N-ethyl adjacent to an activating group) is 1. The zero-order chi connectivity index (χ0) is 11.7. The van der Waals surface area contributed by atoms with Gasteiger partial charge in [-0.3, -0.25) is 4.79 Å². The molecule has 0 aliphatic heterocycles. The summed E-state index contributed by atoms with van der Waals surface area (Å²) < 4.78 is 4.98. The molecule has 0 rings (SSSR count). The lowest BCUT2D eigenvalue weighted by Gasteiger charge is -2.14. The Morgan fingerprint density at radius 1 is 1.60 bits per heavy atom. The normalized spacial score (nSPS) is 11.3. The number of amides is 1. The quantitative estimate of drug-likeness (QED) is 0.166. The van der Waals surface area contributed by atoms with E-state index in [1.54, 1.807) is 0 Å². The molecule has 0 aliphatic carbocycles. The van der Waals surface area contributed by atoms with Crippen molar-refractivity contribution in [3.05, 3.63) is 11.9 Å². The maximum Gasteiger partial charge on any atom is 0.268 e. The van der Waals surface area contributed by atoms with Crippen molar-refractivity contribution in [1.29, 1.82) is 0 Å². The summed E-state index contributed by atoms with van der Waals surface area (Å²) in [6.45, 7) is 0.982. The Kier molecular flexibility index (Phi) is 7.33. The van der Waals surface area contributed by atoms with Crippen LogP contribution in [0.4, 0.5) is 0 Å². The lowest BCUT2D eigenvalue weighted by Crippen LogP contribution is -2.33. The number of ether oxygens (including phenoxy) is 1. The molecule has 7 heteroatoms. The molecular formula is C8H18N4O3. The van der Waals surface area contributed by atoms with Crippen LogP contribution in [-0.2, 0) is 9.53 Å². The van der Waals surface area contributed by atoms with Gasteiger partial charge in [-0.1, -0.05) is 0 Å². The molecular weight excluding hydrogens is 200 g/mol. The average molecular weight is 218 g/mol. The molecule has 0 bridgehead atoms. The van der Waals surface area contributed by atoms with E-state index in [0.29, 0.717) is 13.2 Å². The average Bonchev–Trinajstić information content (AvgIpc) is 2.23. The monoisotopic (exact) mass is 218 g/mol. The van der Waals surface area contributed by atoms with Crippen molar-refractivity contribution in [3.8, 4) is 0 Å². The number of carbonyl (C=O) groups is 1. The first kappa shape index (κ1) is 13.7. The van der Waals surface area contributed by atoms with Crippen molar-refractivity contribution in [2.75, 3.05) is 33.4 Å². The van der Waals surface area contributed by atoms with E-state index in [4.69, 9.17) is 21.4 Å². The maximum atomic E-state index is 11.0. The zero-order valence-electron chi connectivity index (χ0n) is 8.77. The summed E-state index contributed by atoms with van der Waals surface area (Å²) in [5.74, 6) is 5.12. The summed E-state index contributed by atoms with van der Waals surface area (Å²) in [4.78, 5) is 11.0. The maximum absolute atomic E-state index is 11.0. The van der Waals surface area contributed by atoms with Gasteiger partial charge in [0.1, 0.15) is 5.70 Å². The van der Waals surface area contributed by atoms with Crippen LogP contribution < -0.4 is 16.9 Å². The third kappa shape index (κ3) is 6.72. The highest BCUT2D eigenvalue weighted by atomic mass is 16.5. The van der Waals surface area contributed by atoms with E-state index in [2.05, 4.69) is 5.32 Å². The minimum atomic E-state index is -0.387. The fraction of sp³-hybridized carbons (Fsp3) is 0.625. The number of hydrogen-bond acceptors (Lipinski definition) is 6. The number of nitrogens with two attached hydrogens (primary N) is 2. The predicted molar refractivity (Wildman–Crippen MR) is 55.1 cm³/mol. The number of nitrogens with zero attached hydrogens (tertiary/aromatic N) is 1. The lowest BCUT2D eigenvalue weighted by molar-refractivity contribution is -0.117. The van der Waals surface area contributed by atoms with E-state index >= 15 is 0 Å². The number of nitrogens with one attached hydrogen (secondary N) is 1. The summed E-state index contributed by atoms with van der Waals surface area (Å²) in [6.07, 6.45) is 1.32. The van der Waals surface area contributed by atoms with E-state index in [0.717, 1.165) is 0 Å². The molecule has 0 aromatic rings. The summed E-state index contributed by atoms with van der Waals surface area (Å²) in [7, 11) is 1.48. The Bertz CT molecular complexity index is 220. The first-order valence-corrected chi connectivity index (χ1v) is 4.51. The van der Waals surface area contributed by atoms with Crippen molar-refractivity contribution in [1.82, 2.24) is 10.3 Å². The topological polar surface area (TPSA) is 114 Å². The van der Waals surface area contributed by atoms with E-state index in [9.17, 15) is 4.79 Å². The van der Waals surface area contributed by atoms with Crippen LogP contribution in [0.25, 0.3) is 0 Å². The smallest absolute Gasteiger partial charge is 0.268 e. The van der Waals surface area contributed by atoms with Gasteiger partial charge in [0.2, 0.25) is 0 Å². The van der Waals surface area contributed by atoms with Crippen LogP contribution in [0.5, 0.6) is 0 Å². The van der Waals surface area contributed by atoms with Crippen LogP contribution in [0.15, 0.2) is 11.9 Å². The van der Waals surface area contributed by atoms with Crippen molar-refractivity contribution in [2.24, 2.45) is 11.6 Å². The Labute approximate surface area is 88.6 Å². The van der Waals surface area contributed by atoms with Crippen LogP contribution >= 0.6 is 0 Å². The molecule has 0 radical (unpaired) electrons. The standard InChI is InChI=1S/C8H18N4O3/c1-11-8(14)7(9)6-12(10)2-4-15-5-3-13/h6,13H,2-5,9-10H2,1H3,(H,11,14)/b7-6-. The summed E-state index contributed by atoms with van der Waals surface area (Å²) in [6, 6.07) is 0. The molecule has 6 N–H and O–H groups in total.